The standard InChI is InChI=1S/C11H17N3O3/c1-10(3-2-5-16-10)8-13-9(17-14-8)11(12)4-6-15-7-11/h2-7,12H2,1H3. The molecule has 6 nitrogen and oxygen atoms in total. The van der Waals surface area contributed by atoms with Crippen molar-refractivity contribution in [2.45, 2.75) is 37.3 Å². The second kappa shape index (κ2) is 3.76. The van der Waals surface area contributed by atoms with Crippen molar-refractivity contribution in [2.24, 2.45) is 5.73 Å². The molecular weight excluding hydrogens is 222 g/mol. The van der Waals surface area contributed by atoms with Gasteiger partial charge in [-0.1, -0.05) is 5.16 Å². The van der Waals surface area contributed by atoms with E-state index in [0.29, 0.717) is 31.3 Å². The Morgan fingerprint density at radius 1 is 1.29 bits per heavy atom. The summed E-state index contributed by atoms with van der Waals surface area (Å²) in [4.78, 5) is 4.41. The molecule has 0 aromatic carbocycles. The van der Waals surface area contributed by atoms with Crippen LogP contribution in [-0.4, -0.2) is 30.0 Å². The van der Waals surface area contributed by atoms with Crippen LogP contribution >= 0.6 is 0 Å². The first-order valence-corrected chi connectivity index (χ1v) is 5.98. The Labute approximate surface area is 99.5 Å². The van der Waals surface area contributed by atoms with E-state index in [-0.39, 0.29) is 0 Å². The Hall–Kier alpha value is -0.980. The van der Waals surface area contributed by atoms with Crippen molar-refractivity contribution >= 4 is 0 Å². The Bertz CT molecular complexity index is 369. The molecule has 2 aliphatic heterocycles. The summed E-state index contributed by atoms with van der Waals surface area (Å²) in [6.45, 7) is 3.81. The van der Waals surface area contributed by atoms with Crippen molar-refractivity contribution < 1.29 is 14.0 Å². The molecule has 2 fully saturated rings. The van der Waals surface area contributed by atoms with Crippen LogP contribution in [0.15, 0.2) is 4.52 Å². The fraction of sp³-hybridized carbons (Fsp3) is 0.818. The number of rotatable bonds is 2. The number of hydrogen-bond acceptors (Lipinski definition) is 6. The molecule has 3 rings (SSSR count). The van der Waals surface area contributed by atoms with Crippen LogP contribution in [0.4, 0.5) is 0 Å². The number of hydrogen-bond donors (Lipinski definition) is 1. The Morgan fingerprint density at radius 2 is 2.18 bits per heavy atom. The molecule has 2 saturated heterocycles. The highest BCUT2D eigenvalue weighted by Gasteiger charge is 2.42. The van der Waals surface area contributed by atoms with Gasteiger partial charge < -0.3 is 19.7 Å². The summed E-state index contributed by atoms with van der Waals surface area (Å²) >= 11 is 0. The van der Waals surface area contributed by atoms with E-state index in [0.717, 1.165) is 19.4 Å². The van der Waals surface area contributed by atoms with Crippen molar-refractivity contribution in [1.29, 1.82) is 0 Å². The first kappa shape index (κ1) is 11.1. The van der Waals surface area contributed by atoms with E-state index < -0.39 is 11.1 Å². The largest absolute Gasteiger partial charge is 0.379 e. The predicted molar refractivity (Wildman–Crippen MR) is 58.1 cm³/mol. The minimum absolute atomic E-state index is 0.419. The van der Waals surface area contributed by atoms with Gasteiger partial charge in [0.05, 0.1) is 6.61 Å². The Morgan fingerprint density at radius 3 is 2.82 bits per heavy atom. The predicted octanol–water partition coefficient (Wildman–Crippen LogP) is 0.669. The summed E-state index contributed by atoms with van der Waals surface area (Å²) in [5.74, 6) is 1.06. The van der Waals surface area contributed by atoms with Crippen LogP contribution in [0.25, 0.3) is 0 Å². The SMILES string of the molecule is CC1(c2noc(C3(N)CCOC3)n2)CCCO1. The lowest BCUT2D eigenvalue weighted by molar-refractivity contribution is 0.00768. The second-order valence-corrected chi connectivity index (χ2v) is 5.06. The number of aromatic nitrogens is 2. The minimum atomic E-state index is -0.625. The summed E-state index contributed by atoms with van der Waals surface area (Å²) in [5.41, 5.74) is 5.13. The maximum Gasteiger partial charge on any atom is 0.249 e. The summed E-state index contributed by atoms with van der Waals surface area (Å²) < 4.78 is 16.3. The van der Waals surface area contributed by atoms with Crippen LogP contribution in [0.5, 0.6) is 0 Å². The van der Waals surface area contributed by atoms with Crippen molar-refractivity contribution in [1.82, 2.24) is 10.1 Å². The maximum atomic E-state index is 6.17. The quantitative estimate of drug-likeness (QED) is 0.816. The average Bonchev–Trinajstić information content (AvgIpc) is 2.97. The lowest BCUT2D eigenvalue weighted by Crippen LogP contribution is -2.37. The topological polar surface area (TPSA) is 83.4 Å². The van der Waals surface area contributed by atoms with E-state index in [1.165, 1.54) is 0 Å². The molecule has 94 valence electrons. The lowest BCUT2D eigenvalue weighted by atomic mass is 9.99. The zero-order chi connectivity index (χ0) is 11.9. The van der Waals surface area contributed by atoms with Gasteiger partial charge >= 0.3 is 0 Å². The molecule has 2 atom stereocenters. The van der Waals surface area contributed by atoms with Gasteiger partial charge in [0.25, 0.3) is 0 Å². The van der Waals surface area contributed by atoms with Gasteiger partial charge in [-0.2, -0.15) is 4.98 Å². The van der Waals surface area contributed by atoms with Crippen molar-refractivity contribution in [3.05, 3.63) is 11.7 Å². The van der Waals surface area contributed by atoms with Crippen LogP contribution in [-0.2, 0) is 20.6 Å². The average molecular weight is 239 g/mol. The fourth-order valence-electron chi connectivity index (χ4n) is 2.35. The Balaban J connectivity index is 1.87. The highest BCUT2D eigenvalue weighted by molar-refractivity contribution is 5.08. The first-order chi connectivity index (χ1) is 8.12. The van der Waals surface area contributed by atoms with Crippen molar-refractivity contribution in [2.75, 3.05) is 19.8 Å². The van der Waals surface area contributed by atoms with Crippen molar-refractivity contribution in [3.63, 3.8) is 0 Å². The molecule has 3 heterocycles. The molecular formula is C11H17N3O3. The molecule has 0 bridgehead atoms. The summed E-state index contributed by atoms with van der Waals surface area (Å²) in [6, 6.07) is 0. The monoisotopic (exact) mass is 239 g/mol. The highest BCUT2D eigenvalue weighted by Crippen LogP contribution is 2.35. The molecule has 0 spiro atoms. The van der Waals surface area contributed by atoms with E-state index in [4.69, 9.17) is 19.7 Å². The minimum Gasteiger partial charge on any atom is -0.379 e. The van der Waals surface area contributed by atoms with Gasteiger partial charge in [0.2, 0.25) is 11.7 Å². The van der Waals surface area contributed by atoms with E-state index in [9.17, 15) is 0 Å². The van der Waals surface area contributed by atoms with Gasteiger partial charge in [0, 0.05) is 13.2 Å². The number of nitrogens with zero attached hydrogens (tertiary/aromatic N) is 2. The first-order valence-electron chi connectivity index (χ1n) is 5.98. The maximum absolute atomic E-state index is 6.17. The summed E-state index contributed by atoms with van der Waals surface area (Å²) in [5, 5.41) is 4.01. The molecule has 2 unspecified atom stereocenters. The lowest BCUT2D eigenvalue weighted by Gasteiger charge is -2.18. The normalized spacial score (nSPS) is 37.8. The van der Waals surface area contributed by atoms with Crippen LogP contribution < -0.4 is 5.73 Å². The van der Waals surface area contributed by atoms with Gasteiger partial charge in [-0.25, -0.2) is 0 Å². The van der Waals surface area contributed by atoms with Crippen LogP contribution in [0.1, 0.15) is 37.9 Å². The van der Waals surface area contributed by atoms with Gasteiger partial charge in [0.15, 0.2) is 0 Å². The van der Waals surface area contributed by atoms with Crippen LogP contribution in [0.3, 0.4) is 0 Å². The molecule has 0 radical (unpaired) electrons. The van der Waals surface area contributed by atoms with Gasteiger partial charge in [-0.05, 0) is 26.2 Å². The van der Waals surface area contributed by atoms with E-state index in [1.54, 1.807) is 0 Å². The van der Waals surface area contributed by atoms with E-state index in [1.807, 2.05) is 6.92 Å². The summed E-state index contributed by atoms with van der Waals surface area (Å²) in [7, 11) is 0. The summed E-state index contributed by atoms with van der Waals surface area (Å²) in [6.07, 6.45) is 2.66. The highest BCUT2D eigenvalue weighted by atomic mass is 16.5. The van der Waals surface area contributed by atoms with Gasteiger partial charge in [-0.15, -0.1) is 0 Å². The molecule has 0 aliphatic carbocycles. The zero-order valence-electron chi connectivity index (χ0n) is 9.94. The molecule has 1 aromatic rings. The third-order valence-electron chi connectivity index (χ3n) is 3.60. The van der Waals surface area contributed by atoms with Crippen LogP contribution in [0.2, 0.25) is 0 Å². The van der Waals surface area contributed by atoms with Crippen molar-refractivity contribution in [3.8, 4) is 0 Å². The molecule has 0 saturated carbocycles. The molecule has 2 N–H and O–H groups in total. The third-order valence-corrected chi connectivity index (χ3v) is 3.60. The molecule has 1 aromatic heterocycles. The van der Waals surface area contributed by atoms with E-state index >= 15 is 0 Å². The van der Waals surface area contributed by atoms with Gasteiger partial charge in [0.1, 0.15) is 11.1 Å². The van der Waals surface area contributed by atoms with Gasteiger partial charge in [-0.3, -0.25) is 0 Å². The Kier molecular flexibility index (Phi) is 2.46. The fourth-order valence-corrected chi connectivity index (χ4v) is 2.35. The molecule has 2 aliphatic rings. The smallest absolute Gasteiger partial charge is 0.249 e. The number of nitrogens with two attached hydrogens (primary N) is 1. The number of ether oxygens (including phenoxy) is 2. The van der Waals surface area contributed by atoms with Crippen LogP contribution in [0, 0.1) is 0 Å². The third kappa shape index (κ3) is 1.76. The van der Waals surface area contributed by atoms with E-state index in [2.05, 4.69) is 10.1 Å². The molecule has 17 heavy (non-hydrogen) atoms. The molecule has 0 amide bonds. The second-order valence-electron chi connectivity index (χ2n) is 5.06. The molecule has 6 heteroatoms. The zero-order valence-corrected chi connectivity index (χ0v) is 9.94.